The lowest BCUT2D eigenvalue weighted by Crippen LogP contribution is -2.31. The van der Waals surface area contributed by atoms with E-state index in [1.54, 1.807) is 0 Å². The third-order valence-corrected chi connectivity index (χ3v) is 5.29. The van der Waals surface area contributed by atoms with E-state index >= 15 is 0 Å². The summed E-state index contributed by atoms with van der Waals surface area (Å²) in [5.41, 5.74) is 0.292. The highest BCUT2D eigenvalue weighted by Gasteiger charge is 2.41. The first kappa shape index (κ1) is 12.6. The van der Waals surface area contributed by atoms with Gasteiger partial charge in [-0.05, 0) is 43.6 Å². The summed E-state index contributed by atoms with van der Waals surface area (Å²) < 4.78 is 6.29. The van der Waals surface area contributed by atoms with Crippen LogP contribution in [0.5, 0.6) is 0 Å². The van der Waals surface area contributed by atoms with Crippen LogP contribution in [0.15, 0.2) is 17.5 Å². The lowest BCUT2D eigenvalue weighted by Gasteiger charge is -2.23. The van der Waals surface area contributed by atoms with E-state index in [1.807, 2.05) is 11.3 Å². The van der Waals surface area contributed by atoms with Crippen molar-refractivity contribution >= 4 is 11.3 Å². The number of hydrogen-bond donors (Lipinski definition) is 1. The second-order valence-electron chi connectivity index (χ2n) is 5.70. The Hall–Kier alpha value is -0.380. The molecule has 2 fully saturated rings. The van der Waals surface area contributed by atoms with Crippen molar-refractivity contribution in [3.63, 3.8) is 0 Å². The van der Waals surface area contributed by atoms with Gasteiger partial charge in [0, 0.05) is 18.0 Å². The maximum Gasteiger partial charge on any atom is 0.0708 e. The van der Waals surface area contributed by atoms with Crippen LogP contribution in [0.25, 0.3) is 0 Å². The van der Waals surface area contributed by atoms with E-state index in [4.69, 9.17) is 4.74 Å². The van der Waals surface area contributed by atoms with Crippen molar-refractivity contribution < 1.29 is 4.74 Å². The van der Waals surface area contributed by atoms with Crippen LogP contribution in [0, 0.1) is 0 Å². The molecule has 1 aromatic heterocycles. The fourth-order valence-corrected chi connectivity index (χ4v) is 4.06. The largest absolute Gasteiger partial charge is 0.370 e. The molecule has 1 spiro atoms. The molecule has 1 aromatic rings. The third-order valence-electron chi connectivity index (χ3n) is 4.35. The molecule has 1 aliphatic carbocycles. The van der Waals surface area contributed by atoms with Crippen LogP contribution in [-0.2, 0) is 11.2 Å². The molecule has 0 aromatic carbocycles. The first-order valence-corrected chi connectivity index (χ1v) is 8.15. The van der Waals surface area contributed by atoms with Gasteiger partial charge in [-0.15, -0.1) is 11.3 Å². The van der Waals surface area contributed by atoms with Crippen LogP contribution < -0.4 is 5.32 Å². The number of nitrogens with one attached hydrogen (secondary N) is 1. The molecule has 3 heteroatoms. The molecule has 2 nitrogen and oxygen atoms in total. The van der Waals surface area contributed by atoms with Gasteiger partial charge >= 0.3 is 0 Å². The average molecular weight is 265 g/mol. The van der Waals surface area contributed by atoms with Crippen molar-refractivity contribution in [2.75, 3.05) is 13.1 Å². The second kappa shape index (κ2) is 5.72. The van der Waals surface area contributed by atoms with Crippen molar-refractivity contribution in [1.82, 2.24) is 5.32 Å². The predicted octanol–water partition coefficient (Wildman–Crippen LogP) is 3.37. The quantitative estimate of drug-likeness (QED) is 0.824. The minimum atomic E-state index is 0.292. The summed E-state index contributed by atoms with van der Waals surface area (Å²) in [6.07, 6.45) is 9.52. The lowest BCUT2D eigenvalue weighted by molar-refractivity contribution is -0.0349. The average Bonchev–Trinajstić information content (AvgIpc) is 3.10. The van der Waals surface area contributed by atoms with Gasteiger partial charge in [0.15, 0.2) is 0 Å². The molecule has 2 aliphatic rings. The molecule has 18 heavy (non-hydrogen) atoms. The van der Waals surface area contributed by atoms with E-state index in [0.29, 0.717) is 11.7 Å². The van der Waals surface area contributed by atoms with Crippen LogP contribution in [0.1, 0.15) is 43.4 Å². The molecule has 0 bridgehead atoms. The Kier molecular flexibility index (Phi) is 4.02. The Labute approximate surface area is 114 Å². The van der Waals surface area contributed by atoms with E-state index < -0.39 is 0 Å². The topological polar surface area (TPSA) is 21.3 Å². The van der Waals surface area contributed by atoms with Gasteiger partial charge < -0.3 is 10.1 Å². The molecular weight excluding hydrogens is 242 g/mol. The van der Waals surface area contributed by atoms with Gasteiger partial charge in [-0.25, -0.2) is 0 Å². The van der Waals surface area contributed by atoms with Gasteiger partial charge in [0.25, 0.3) is 0 Å². The molecular formula is C15H23NOS. The first-order chi connectivity index (χ1) is 8.86. The van der Waals surface area contributed by atoms with Gasteiger partial charge in [0.1, 0.15) is 0 Å². The van der Waals surface area contributed by atoms with Gasteiger partial charge in [-0.1, -0.05) is 18.9 Å². The molecule has 1 unspecified atom stereocenters. The zero-order chi connectivity index (χ0) is 12.3. The fraction of sp³-hybridized carbons (Fsp3) is 0.733. The summed E-state index contributed by atoms with van der Waals surface area (Å²) in [5, 5.41) is 5.71. The minimum absolute atomic E-state index is 0.292. The van der Waals surface area contributed by atoms with E-state index in [-0.39, 0.29) is 0 Å². The fourth-order valence-electron chi connectivity index (χ4n) is 3.36. The second-order valence-corrected chi connectivity index (χ2v) is 6.73. The Morgan fingerprint density at radius 2 is 2.22 bits per heavy atom. The van der Waals surface area contributed by atoms with Crippen molar-refractivity contribution in [2.45, 2.75) is 56.7 Å². The van der Waals surface area contributed by atoms with Crippen LogP contribution in [0.2, 0.25) is 0 Å². The standard InChI is InChI=1S/C15H23NOS/c1-2-8-15(7-1)9-5-13(17-15)12-16-10-6-14-4-3-11-18-14/h3-4,11,13,16H,1-2,5-10,12H2. The van der Waals surface area contributed by atoms with Crippen molar-refractivity contribution in [2.24, 2.45) is 0 Å². The van der Waals surface area contributed by atoms with Crippen molar-refractivity contribution in [1.29, 1.82) is 0 Å². The van der Waals surface area contributed by atoms with Crippen LogP contribution in [0.3, 0.4) is 0 Å². The summed E-state index contributed by atoms with van der Waals surface area (Å²) in [6, 6.07) is 4.34. The molecule has 100 valence electrons. The Bertz CT molecular complexity index is 357. The first-order valence-electron chi connectivity index (χ1n) is 7.27. The SMILES string of the molecule is c1csc(CCNCC2CCC3(CCCC3)O2)c1. The number of rotatable bonds is 5. The van der Waals surface area contributed by atoms with Crippen LogP contribution in [-0.4, -0.2) is 24.8 Å². The van der Waals surface area contributed by atoms with Crippen molar-refractivity contribution in [3.05, 3.63) is 22.4 Å². The zero-order valence-electron chi connectivity index (χ0n) is 11.0. The summed E-state index contributed by atoms with van der Waals surface area (Å²) in [5.74, 6) is 0. The molecule has 1 atom stereocenters. The number of thiophene rings is 1. The highest BCUT2D eigenvalue weighted by atomic mass is 32.1. The Morgan fingerprint density at radius 3 is 3.00 bits per heavy atom. The van der Waals surface area contributed by atoms with E-state index in [2.05, 4.69) is 22.8 Å². The van der Waals surface area contributed by atoms with Crippen LogP contribution in [0.4, 0.5) is 0 Å². The zero-order valence-corrected chi connectivity index (χ0v) is 11.8. The number of ether oxygens (including phenoxy) is 1. The minimum Gasteiger partial charge on any atom is -0.370 e. The normalized spacial score (nSPS) is 26.1. The van der Waals surface area contributed by atoms with Gasteiger partial charge in [0.2, 0.25) is 0 Å². The third kappa shape index (κ3) is 2.95. The van der Waals surface area contributed by atoms with Gasteiger partial charge in [-0.3, -0.25) is 0 Å². The van der Waals surface area contributed by atoms with Gasteiger partial charge in [-0.2, -0.15) is 0 Å². The Morgan fingerprint density at radius 1 is 1.33 bits per heavy atom. The summed E-state index contributed by atoms with van der Waals surface area (Å²) in [4.78, 5) is 1.47. The van der Waals surface area contributed by atoms with Crippen molar-refractivity contribution in [3.8, 4) is 0 Å². The molecule has 1 N–H and O–H groups in total. The summed E-state index contributed by atoms with van der Waals surface area (Å²) in [6.45, 7) is 2.11. The summed E-state index contributed by atoms with van der Waals surface area (Å²) in [7, 11) is 0. The van der Waals surface area contributed by atoms with E-state index in [1.165, 1.54) is 43.4 Å². The lowest BCUT2D eigenvalue weighted by atomic mass is 9.98. The molecule has 2 heterocycles. The molecule has 3 rings (SSSR count). The molecule has 0 amide bonds. The maximum absolute atomic E-state index is 6.29. The van der Waals surface area contributed by atoms with Crippen LogP contribution >= 0.6 is 11.3 Å². The molecule has 1 saturated carbocycles. The molecule has 1 saturated heterocycles. The highest BCUT2D eigenvalue weighted by molar-refractivity contribution is 7.09. The monoisotopic (exact) mass is 265 g/mol. The van der Waals surface area contributed by atoms with E-state index in [0.717, 1.165) is 19.5 Å². The van der Waals surface area contributed by atoms with Gasteiger partial charge in [0.05, 0.1) is 11.7 Å². The predicted molar refractivity (Wildman–Crippen MR) is 76.2 cm³/mol. The molecule has 0 radical (unpaired) electrons. The van der Waals surface area contributed by atoms with E-state index in [9.17, 15) is 0 Å². The highest BCUT2D eigenvalue weighted by Crippen LogP contribution is 2.43. The molecule has 1 aliphatic heterocycles. The number of hydrogen-bond acceptors (Lipinski definition) is 3. The smallest absolute Gasteiger partial charge is 0.0708 e. The Balaban J connectivity index is 1.34. The summed E-state index contributed by atoms with van der Waals surface area (Å²) >= 11 is 1.85. The maximum atomic E-state index is 6.29.